The predicted octanol–water partition coefficient (Wildman–Crippen LogP) is 1.55. The van der Waals surface area contributed by atoms with E-state index in [1.165, 1.54) is 34.2 Å². The molecule has 0 aliphatic carbocycles. The quantitative estimate of drug-likeness (QED) is 0.611. The molecule has 9 heteroatoms. The Morgan fingerprint density at radius 1 is 1.27 bits per heavy atom. The van der Waals surface area contributed by atoms with Gasteiger partial charge in [-0.1, -0.05) is 24.3 Å². The summed E-state index contributed by atoms with van der Waals surface area (Å²) in [6, 6.07) is 6.02. The average Bonchev–Trinajstić information content (AvgIpc) is 3.23. The topological polar surface area (TPSA) is 91.4 Å². The van der Waals surface area contributed by atoms with Crippen molar-refractivity contribution in [2.24, 2.45) is 4.99 Å². The number of benzene rings is 1. The van der Waals surface area contributed by atoms with Crippen molar-refractivity contribution in [1.82, 2.24) is 19.3 Å². The first-order chi connectivity index (χ1) is 12.6. The van der Waals surface area contributed by atoms with Crippen LogP contribution in [0.5, 0.6) is 0 Å². The van der Waals surface area contributed by atoms with Gasteiger partial charge in [-0.15, -0.1) is 0 Å². The second kappa shape index (κ2) is 8.05. The zero-order valence-corrected chi connectivity index (χ0v) is 15.4. The molecule has 8 nitrogen and oxygen atoms in total. The van der Waals surface area contributed by atoms with Crippen molar-refractivity contribution in [3.63, 3.8) is 0 Å². The van der Waals surface area contributed by atoms with Crippen molar-refractivity contribution < 1.29 is 14.3 Å². The number of rotatable bonds is 6. The molecule has 0 saturated carbocycles. The fourth-order valence-electron chi connectivity index (χ4n) is 2.51. The third-order valence-corrected chi connectivity index (χ3v) is 4.77. The minimum Gasteiger partial charge on any atom is -0.465 e. The van der Waals surface area contributed by atoms with Gasteiger partial charge in [-0.2, -0.15) is 10.1 Å². The van der Waals surface area contributed by atoms with Gasteiger partial charge in [0.1, 0.15) is 25.7 Å². The zero-order valence-electron chi connectivity index (χ0n) is 14.6. The highest BCUT2D eigenvalue weighted by atomic mass is 32.1. The Balaban J connectivity index is 2.02. The maximum absolute atomic E-state index is 12.3. The van der Waals surface area contributed by atoms with Crippen LogP contribution in [0.3, 0.4) is 0 Å². The standard InChI is InChI=1S/C17H19N5O3S/c1-3-12-5-6-13-14(7-12)26-17(22(13)9-16(24)25-4-2)20-15(23)8-21-11-18-10-19-21/h5-7,10-11H,3-4,8-9H2,1-2H3. The van der Waals surface area contributed by atoms with E-state index >= 15 is 0 Å². The van der Waals surface area contributed by atoms with E-state index in [1.807, 2.05) is 12.1 Å². The Morgan fingerprint density at radius 3 is 2.81 bits per heavy atom. The predicted molar refractivity (Wildman–Crippen MR) is 96.4 cm³/mol. The molecule has 1 aromatic carbocycles. The second-order valence-corrected chi connectivity index (χ2v) is 6.54. The third kappa shape index (κ3) is 4.05. The molecule has 0 unspecified atom stereocenters. The maximum Gasteiger partial charge on any atom is 0.326 e. The van der Waals surface area contributed by atoms with Gasteiger partial charge in [0.2, 0.25) is 0 Å². The molecule has 0 fully saturated rings. The van der Waals surface area contributed by atoms with E-state index in [4.69, 9.17) is 4.74 Å². The van der Waals surface area contributed by atoms with Crippen LogP contribution in [0.15, 0.2) is 35.8 Å². The van der Waals surface area contributed by atoms with E-state index < -0.39 is 0 Å². The number of aromatic nitrogens is 4. The summed E-state index contributed by atoms with van der Waals surface area (Å²) >= 11 is 1.38. The number of fused-ring (bicyclic) bond motifs is 1. The van der Waals surface area contributed by atoms with Gasteiger partial charge >= 0.3 is 5.97 Å². The molecular formula is C17H19N5O3S. The summed E-state index contributed by atoms with van der Waals surface area (Å²) < 4.78 is 9.15. The van der Waals surface area contributed by atoms with Crippen LogP contribution in [-0.4, -0.2) is 37.8 Å². The molecule has 1 amide bonds. The molecule has 26 heavy (non-hydrogen) atoms. The van der Waals surface area contributed by atoms with Gasteiger partial charge in [-0.25, -0.2) is 9.67 Å². The molecule has 3 aromatic rings. The number of amides is 1. The van der Waals surface area contributed by atoms with Crippen LogP contribution in [0.1, 0.15) is 19.4 Å². The Morgan fingerprint density at radius 2 is 2.12 bits per heavy atom. The van der Waals surface area contributed by atoms with E-state index in [2.05, 4.69) is 28.1 Å². The summed E-state index contributed by atoms with van der Waals surface area (Å²) in [5, 5.41) is 3.91. The van der Waals surface area contributed by atoms with Crippen LogP contribution in [0.4, 0.5) is 0 Å². The number of carbonyl (C=O) groups excluding carboxylic acids is 2. The molecular weight excluding hydrogens is 354 g/mol. The lowest BCUT2D eigenvalue weighted by molar-refractivity contribution is -0.143. The second-order valence-electron chi connectivity index (χ2n) is 5.53. The lowest BCUT2D eigenvalue weighted by atomic mass is 10.2. The maximum atomic E-state index is 12.3. The number of thiazole rings is 1. The minimum absolute atomic E-state index is 0.00609. The number of hydrogen-bond acceptors (Lipinski definition) is 6. The van der Waals surface area contributed by atoms with Gasteiger partial charge < -0.3 is 9.30 Å². The van der Waals surface area contributed by atoms with Crippen molar-refractivity contribution in [3.8, 4) is 0 Å². The molecule has 3 rings (SSSR count). The summed E-state index contributed by atoms with van der Waals surface area (Å²) in [4.78, 5) is 32.7. The number of carbonyl (C=O) groups is 2. The van der Waals surface area contributed by atoms with Crippen LogP contribution >= 0.6 is 11.3 Å². The normalized spacial score (nSPS) is 11.8. The number of ether oxygens (including phenoxy) is 1. The summed E-state index contributed by atoms with van der Waals surface area (Å²) in [5.41, 5.74) is 2.04. The van der Waals surface area contributed by atoms with Crippen molar-refractivity contribution >= 4 is 33.4 Å². The highest BCUT2D eigenvalue weighted by molar-refractivity contribution is 7.16. The first kappa shape index (κ1) is 18.0. The first-order valence-corrected chi connectivity index (χ1v) is 9.10. The molecule has 0 bridgehead atoms. The molecule has 0 aliphatic heterocycles. The van der Waals surface area contributed by atoms with Crippen LogP contribution in [0.25, 0.3) is 10.2 Å². The van der Waals surface area contributed by atoms with E-state index in [0.29, 0.717) is 11.4 Å². The van der Waals surface area contributed by atoms with Crippen molar-refractivity contribution in [3.05, 3.63) is 41.2 Å². The Hall–Kier alpha value is -2.81. The van der Waals surface area contributed by atoms with Gasteiger partial charge in [0.05, 0.1) is 16.8 Å². The van der Waals surface area contributed by atoms with Gasteiger partial charge in [0.25, 0.3) is 5.91 Å². The van der Waals surface area contributed by atoms with Crippen LogP contribution in [0.2, 0.25) is 0 Å². The van der Waals surface area contributed by atoms with Crippen LogP contribution in [-0.2, 0) is 33.8 Å². The smallest absolute Gasteiger partial charge is 0.326 e. The van der Waals surface area contributed by atoms with E-state index in [9.17, 15) is 9.59 Å². The number of esters is 1. The van der Waals surface area contributed by atoms with Crippen molar-refractivity contribution in [2.45, 2.75) is 33.4 Å². The molecule has 0 saturated heterocycles. The number of hydrogen-bond donors (Lipinski definition) is 0. The largest absolute Gasteiger partial charge is 0.465 e. The third-order valence-electron chi connectivity index (χ3n) is 3.73. The molecule has 2 heterocycles. The van der Waals surface area contributed by atoms with E-state index in [1.54, 1.807) is 11.5 Å². The minimum atomic E-state index is -0.365. The lowest BCUT2D eigenvalue weighted by Gasteiger charge is -2.05. The van der Waals surface area contributed by atoms with Gasteiger partial charge in [-0.3, -0.25) is 9.59 Å². The van der Waals surface area contributed by atoms with E-state index in [0.717, 1.165) is 16.6 Å². The van der Waals surface area contributed by atoms with Crippen LogP contribution in [0, 0.1) is 0 Å². The monoisotopic (exact) mass is 373 g/mol. The summed E-state index contributed by atoms with van der Waals surface area (Å²) in [6.07, 6.45) is 3.72. The highest BCUT2D eigenvalue weighted by Gasteiger charge is 2.13. The van der Waals surface area contributed by atoms with Gasteiger partial charge in [0, 0.05) is 0 Å². The Kier molecular flexibility index (Phi) is 5.57. The summed E-state index contributed by atoms with van der Waals surface area (Å²) in [6.45, 7) is 4.14. The summed E-state index contributed by atoms with van der Waals surface area (Å²) in [5.74, 6) is -0.729. The van der Waals surface area contributed by atoms with Crippen LogP contribution < -0.4 is 4.80 Å². The Labute approximate surface area is 153 Å². The Bertz CT molecular complexity index is 988. The molecule has 0 N–H and O–H groups in total. The fourth-order valence-corrected chi connectivity index (χ4v) is 3.62. The first-order valence-electron chi connectivity index (χ1n) is 8.28. The van der Waals surface area contributed by atoms with Crippen molar-refractivity contribution in [1.29, 1.82) is 0 Å². The van der Waals surface area contributed by atoms with E-state index in [-0.39, 0.29) is 25.0 Å². The average molecular weight is 373 g/mol. The molecule has 0 spiro atoms. The summed E-state index contributed by atoms with van der Waals surface area (Å²) in [7, 11) is 0. The molecule has 0 radical (unpaired) electrons. The number of aryl methyl sites for hydroxylation is 1. The number of nitrogens with zero attached hydrogens (tertiary/aromatic N) is 5. The fraction of sp³-hybridized carbons (Fsp3) is 0.353. The SMILES string of the molecule is CCOC(=O)Cn1c(=NC(=O)Cn2cncn2)sc2cc(CC)ccc21. The molecule has 2 aromatic heterocycles. The van der Waals surface area contributed by atoms with Gasteiger partial charge in [-0.05, 0) is 31.0 Å². The van der Waals surface area contributed by atoms with Gasteiger partial charge in [0.15, 0.2) is 4.80 Å². The van der Waals surface area contributed by atoms with Crippen molar-refractivity contribution in [2.75, 3.05) is 6.61 Å². The molecule has 136 valence electrons. The highest BCUT2D eigenvalue weighted by Crippen LogP contribution is 2.19. The zero-order chi connectivity index (χ0) is 18.5. The molecule has 0 aliphatic rings. The lowest BCUT2D eigenvalue weighted by Crippen LogP contribution is -2.23. The molecule has 0 atom stereocenters.